The highest BCUT2D eigenvalue weighted by Crippen LogP contribution is 2.55. The first kappa shape index (κ1) is 17.0. The van der Waals surface area contributed by atoms with Gasteiger partial charge in [-0.3, -0.25) is 4.79 Å². The molecule has 0 spiro atoms. The van der Waals surface area contributed by atoms with Crippen LogP contribution in [0.25, 0.3) is 0 Å². The predicted molar refractivity (Wildman–Crippen MR) is 79.0 cm³/mol. The summed E-state index contributed by atoms with van der Waals surface area (Å²) in [5.74, 6) is -3.17. The Balaban J connectivity index is 2.15. The van der Waals surface area contributed by atoms with Crippen molar-refractivity contribution in [2.24, 2.45) is 16.7 Å². The van der Waals surface area contributed by atoms with Crippen LogP contribution in [0.5, 0.6) is 0 Å². The summed E-state index contributed by atoms with van der Waals surface area (Å²) < 4.78 is 0. The highest BCUT2D eigenvalue weighted by atomic mass is 16.4. The number of aromatic carboxylic acids is 1. The summed E-state index contributed by atoms with van der Waals surface area (Å²) in [5, 5.41) is 24.9. The molecule has 6 heteroatoms. The Morgan fingerprint density at radius 2 is 1.65 bits per heavy atom. The molecular formula is C17H19NO5-2. The molecule has 1 aromatic rings. The van der Waals surface area contributed by atoms with Crippen LogP contribution in [0, 0.1) is 16.7 Å². The molecule has 23 heavy (non-hydrogen) atoms. The highest BCUT2D eigenvalue weighted by Gasteiger charge is 2.54. The second-order valence-corrected chi connectivity index (χ2v) is 6.79. The summed E-state index contributed by atoms with van der Waals surface area (Å²) in [7, 11) is 0. The number of carbonyl (C=O) groups excluding carboxylic acids is 3. The lowest BCUT2D eigenvalue weighted by Gasteiger charge is -2.41. The monoisotopic (exact) mass is 317 g/mol. The van der Waals surface area contributed by atoms with Crippen LogP contribution in [0.1, 0.15) is 44.0 Å². The molecule has 2 atom stereocenters. The van der Waals surface area contributed by atoms with Crippen molar-refractivity contribution in [2.75, 3.05) is 5.32 Å². The van der Waals surface area contributed by atoms with Crippen molar-refractivity contribution >= 4 is 23.5 Å². The number of hydrogen-bond donors (Lipinski definition) is 1. The maximum Gasteiger partial charge on any atom is 0.228 e. The van der Waals surface area contributed by atoms with E-state index in [9.17, 15) is 24.6 Å². The average molecular weight is 317 g/mol. The Kier molecular flexibility index (Phi) is 4.20. The SMILES string of the molecule is CC1(C)[C@H](C(=O)Nc2ccc(C(=O)[O-])cc2)CC[C@]1(C)C(=O)[O-]. The van der Waals surface area contributed by atoms with Gasteiger partial charge in [0.1, 0.15) is 0 Å². The number of benzene rings is 1. The first-order valence-electron chi connectivity index (χ1n) is 7.43. The lowest BCUT2D eigenvalue weighted by Crippen LogP contribution is -2.49. The third-order valence-corrected chi connectivity index (χ3v) is 5.38. The molecule has 0 heterocycles. The molecule has 1 N–H and O–H groups in total. The number of carboxylic acid groups (broad SMARTS) is 2. The van der Waals surface area contributed by atoms with Crippen LogP contribution in [0.15, 0.2) is 24.3 Å². The van der Waals surface area contributed by atoms with Crippen LogP contribution in [0.3, 0.4) is 0 Å². The van der Waals surface area contributed by atoms with Crippen molar-refractivity contribution in [1.29, 1.82) is 0 Å². The lowest BCUT2D eigenvalue weighted by atomic mass is 9.65. The molecule has 1 saturated carbocycles. The number of anilines is 1. The molecule has 1 aliphatic rings. The average Bonchev–Trinajstić information content (AvgIpc) is 2.71. The van der Waals surface area contributed by atoms with Gasteiger partial charge < -0.3 is 25.1 Å². The summed E-state index contributed by atoms with van der Waals surface area (Å²) in [6.45, 7) is 5.14. The van der Waals surface area contributed by atoms with E-state index in [1.807, 2.05) is 0 Å². The Morgan fingerprint density at radius 1 is 1.09 bits per heavy atom. The summed E-state index contributed by atoms with van der Waals surface area (Å²) in [6, 6.07) is 5.64. The van der Waals surface area contributed by atoms with Gasteiger partial charge in [0.25, 0.3) is 0 Å². The summed E-state index contributed by atoms with van der Waals surface area (Å²) in [5.41, 5.74) is -1.33. The van der Waals surface area contributed by atoms with Crippen molar-refractivity contribution in [2.45, 2.75) is 33.6 Å². The van der Waals surface area contributed by atoms with Gasteiger partial charge in [0.05, 0.1) is 5.97 Å². The maximum absolute atomic E-state index is 12.5. The largest absolute Gasteiger partial charge is 0.550 e. The molecule has 2 rings (SSSR count). The molecule has 1 aliphatic carbocycles. The number of carboxylic acids is 2. The molecule has 1 aromatic carbocycles. The van der Waals surface area contributed by atoms with E-state index in [-0.39, 0.29) is 11.5 Å². The number of rotatable bonds is 4. The van der Waals surface area contributed by atoms with E-state index >= 15 is 0 Å². The van der Waals surface area contributed by atoms with Gasteiger partial charge in [-0.05, 0) is 36.0 Å². The van der Waals surface area contributed by atoms with Gasteiger partial charge in [-0.2, -0.15) is 0 Å². The van der Waals surface area contributed by atoms with E-state index in [2.05, 4.69) is 5.32 Å². The van der Waals surface area contributed by atoms with Crippen LogP contribution < -0.4 is 15.5 Å². The minimum atomic E-state index is -1.29. The molecule has 124 valence electrons. The molecule has 1 amide bonds. The first-order chi connectivity index (χ1) is 10.6. The van der Waals surface area contributed by atoms with Crippen LogP contribution in [-0.2, 0) is 9.59 Å². The fourth-order valence-electron chi connectivity index (χ4n) is 3.24. The molecule has 0 aliphatic heterocycles. The lowest BCUT2D eigenvalue weighted by molar-refractivity contribution is -0.323. The zero-order chi connectivity index (χ0) is 17.4. The van der Waals surface area contributed by atoms with Crippen LogP contribution in [-0.4, -0.2) is 17.8 Å². The van der Waals surface area contributed by atoms with Crippen LogP contribution >= 0.6 is 0 Å². The molecule has 0 radical (unpaired) electrons. The van der Waals surface area contributed by atoms with E-state index in [0.717, 1.165) is 0 Å². The molecular weight excluding hydrogens is 298 g/mol. The van der Waals surface area contributed by atoms with Crippen molar-refractivity contribution < 1.29 is 24.6 Å². The molecule has 6 nitrogen and oxygen atoms in total. The standard InChI is InChI=1S/C17H21NO5/c1-16(2)12(8-9-17(16,3)15(22)23)13(19)18-11-6-4-10(5-7-11)14(20)21/h4-7,12H,8-9H2,1-3H3,(H,18,19)(H,20,21)(H,22,23)/p-2/t12-,17+/m0/s1. The number of amides is 1. The van der Waals surface area contributed by atoms with Crippen molar-refractivity contribution in [3.63, 3.8) is 0 Å². The fourth-order valence-corrected chi connectivity index (χ4v) is 3.24. The smallest absolute Gasteiger partial charge is 0.228 e. The molecule has 0 aromatic heterocycles. The van der Waals surface area contributed by atoms with Gasteiger partial charge >= 0.3 is 0 Å². The minimum absolute atomic E-state index is 0.0220. The second-order valence-electron chi connectivity index (χ2n) is 6.79. The Labute approximate surface area is 134 Å². The van der Waals surface area contributed by atoms with Gasteiger partial charge in [-0.1, -0.05) is 32.9 Å². The normalized spacial score (nSPS) is 25.8. The van der Waals surface area contributed by atoms with E-state index in [4.69, 9.17) is 0 Å². The van der Waals surface area contributed by atoms with E-state index in [0.29, 0.717) is 18.5 Å². The summed E-state index contributed by atoms with van der Waals surface area (Å²) in [6.07, 6.45) is 0.838. The van der Waals surface area contributed by atoms with Gasteiger partial charge in [-0.25, -0.2) is 0 Å². The zero-order valence-corrected chi connectivity index (χ0v) is 13.3. The predicted octanol–water partition coefficient (Wildman–Crippen LogP) is 0.181. The first-order valence-corrected chi connectivity index (χ1v) is 7.43. The number of hydrogen-bond acceptors (Lipinski definition) is 5. The molecule has 0 saturated heterocycles. The van der Waals surface area contributed by atoms with Crippen molar-refractivity contribution in [3.05, 3.63) is 29.8 Å². The number of carbonyl (C=O) groups is 3. The van der Waals surface area contributed by atoms with Gasteiger partial charge in [0, 0.05) is 23.0 Å². The van der Waals surface area contributed by atoms with Gasteiger partial charge in [0.2, 0.25) is 5.91 Å². The Hall–Kier alpha value is -2.37. The molecule has 1 fully saturated rings. The van der Waals surface area contributed by atoms with E-state index in [1.165, 1.54) is 24.3 Å². The number of nitrogens with one attached hydrogen (secondary N) is 1. The van der Waals surface area contributed by atoms with Crippen LogP contribution in [0.2, 0.25) is 0 Å². The van der Waals surface area contributed by atoms with Gasteiger partial charge in [-0.15, -0.1) is 0 Å². The quantitative estimate of drug-likeness (QED) is 0.852. The number of aliphatic carboxylic acids is 1. The summed E-state index contributed by atoms with van der Waals surface area (Å²) >= 11 is 0. The highest BCUT2D eigenvalue weighted by molar-refractivity contribution is 5.95. The Morgan fingerprint density at radius 3 is 2.09 bits per heavy atom. The second kappa shape index (κ2) is 5.68. The van der Waals surface area contributed by atoms with Gasteiger partial charge in [0.15, 0.2) is 0 Å². The topological polar surface area (TPSA) is 109 Å². The van der Waals surface area contributed by atoms with E-state index in [1.54, 1.807) is 20.8 Å². The zero-order valence-electron chi connectivity index (χ0n) is 13.3. The maximum atomic E-state index is 12.5. The van der Waals surface area contributed by atoms with E-state index < -0.39 is 28.7 Å². The fraction of sp³-hybridized carbons (Fsp3) is 0.471. The minimum Gasteiger partial charge on any atom is -0.550 e. The van der Waals surface area contributed by atoms with Crippen molar-refractivity contribution in [1.82, 2.24) is 0 Å². The molecule has 0 bridgehead atoms. The van der Waals surface area contributed by atoms with Crippen molar-refractivity contribution in [3.8, 4) is 0 Å². The molecule has 0 unspecified atom stereocenters. The third-order valence-electron chi connectivity index (χ3n) is 5.38. The van der Waals surface area contributed by atoms with Crippen LogP contribution in [0.4, 0.5) is 5.69 Å². The third kappa shape index (κ3) is 2.81. The Bertz CT molecular complexity index is 649. The summed E-state index contributed by atoms with van der Waals surface area (Å²) in [4.78, 5) is 34.7.